The van der Waals surface area contributed by atoms with Crippen molar-refractivity contribution in [2.45, 2.75) is 45.4 Å². The molecule has 0 radical (unpaired) electrons. The molecule has 2 rings (SSSR count). The highest BCUT2D eigenvalue weighted by Gasteiger charge is 2.21. The Morgan fingerprint density at radius 1 is 1.18 bits per heavy atom. The predicted octanol–water partition coefficient (Wildman–Crippen LogP) is 4.08. The number of carbonyl (C=O) groups is 1. The SMILES string of the molecule is CN=C(C)N(C)c1ccccc1NC(=O)C1CCCCCC1. The van der Waals surface area contributed by atoms with Gasteiger partial charge in [-0.15, -0.1) is 0 Å². The summed E-state index contributed by atoms with van der Waals surface area (Å²) in [5, 5.41) is 3.13. The van der Waals surface area contributed by atoms with Gasteiger partial charge in [0.15, 0.2) is 0 Å². The van der Waals surface area contributed by atoms with Crippen molar-refractivity contribution in [1.82, 2.24) is 0 Å². The van der Waals surface area contributed by atoms with E-state index in [9.17, 15) is 4.79 Å². The maximum absolute atomic E-state index is 12.6. The van der Waals surface area contributed by atoms with E-state index in [2.05, 4.69) is 10.3 Å². The monoisotopic (exact) mass is 301 g/mol. The molecule has 0 saturated heterocycles. The number of aliphatic imine (C=N–C) groups is 1. The van der Waals surface area contributed by atoms with Crippen LogP contribution in [0.5, 0.6) is 0 Å². The van der Waals surface area contributed by atoms with Gasteiger partial charge in [-0.25, -0.2) is 0 Å². The third-order valence-corrected chi connectivity index (χ3v) is 4.56. The molecule has 1 aliphatic rings. The Hall–Kier alpha value is -1.84. The fourth-order valence-corrected chi connectivity index (χ4v) is 2.97. The van der Waals surface area contributed by atoms with Gasteiger partial charge in [-0.2, -0.15) is 0 Å². The third-order valence-electron chi connectivity index (χ3n) is 4.56. The minimum Gasteiger partial charge on any atom is -0.332 e. The second-order valence-corrected chi connectivity index (χ2v) is 6.02. The summed E-state index contributed by atoms with van der Waals surface area (Å²) in [5.74, 6) is 1.23. The zero-order valence-corrected chi connectivity index (χ0v) is 13.9. The molecule has 0 bridgehead atoms. The number of rotatable bonds is 3. The molecule has 4 nitrogen and oxygen atoms in total. The van der Waals surface area contributed by atoms with Crippen LogP contribution in [0.3, 0.4) is 0 Å². The molecule has 0 spiro atoms. The van der Waals surface area contributed by atoms with Crippen molar-refractivity contribution < 1.29 is 4.79 Å². The van der Waals surface area contributed by atoms with E-state index in [4.69, 9.17) is 0 Å². The lowest BCUT2D eigenvalue weighted by atomic mass is 9.99. The van der Waals surface area contributed by atoms with Gasteiger partial charge in [0, 0.05) is 20.0 Å². The first-order valence-electron chi connectivity index (χ1n) is 8.20. The molecule has 0 aromatic heterocycles. The van der Waals surface area contributed by atoms with Crippen LogP contribution >= 0.6 is 0 Å². The van der Waals surface area contributed by atoms with Gasteiger partial charge >= 0.3 is 0 Å². The number of para-hydroxylation sites is 2. The van der Waals surface area contributed by atoms with Crippen molar-refractivity contribution in [1.29, 1.82) is 0 Å². The maximum Gasteiger partial charge on any atom is 0.227 e. The molecule has 0 atom stereocenters. The van der Waals surface area contributed by atoms with Crippen molar-refractivity contribution in [3.8, 4) is 0 Å². The van der Waals surface area contributed by atoms with E-state index in [-0.39, 0.29) is 11.8 Å². The highest BCUT2D eigenvalue weighted by atomic mass is 16.1. The number of carbonyl (C=O) groups excluding carboxylic acids is 1. The molecule has 1 amide bonds. The average Bonchev–Trinajstić information content (AvgIpc) is 2.83. The molecule has 1 aromatic carbocycles. The zero-order valence-electron chi connectivity index (χ0n) is 13.9. The van der Waals surface area contributed by atoms with Gasteiger partial charge in [0.25, 0.3) is 0 Å². The number of anilines is 2. The van der Waals surface area contributed by atoms with Gasteiger partial charge < -0.3 is 10.2 Å². The summed E-state index contributed by atoms with van der Waals surface area (Å²) < 4.78 is 0. The van der Waals surface area contributed by atoms with Crippen molar-refractivity contribution in [3.63, 3.8) is 0 Å². The van der Waals surface area contributed by atoms with Crippen molar-refractivity contribution >= 4 is 23.1 Å². The topological polar surface area (TPSA) is 44.7 Å². The molecule has 1 aliphatic carbocycles. The zero-order chi connectivity index (χ0) is 15.9. The van der Waals surface area contributed by atoms with Crippen LogP contribution in [0, 0.1) is 5.92 Å². The third kappa shape index (κ3) is 4.09. The number of amidine groups is 1. The normalized spacial score (nSPS) is 17.0. The van der Waals surface area contributed by atoms with Crippen LogP contribution in [0.2, 0.25) is 0 Å². The van der Waals surface area contributed by atoms with Crippen LogP contribution in [-0.4, -0.2) is 25.8 Å². The first kappa shape index (κ1) is 16.5. The van der Waals surface area contributed by atoms with E-state index in [1.54, 1.807) is 7.05 Å². The summed E-state index contributed by atoms with van der Waals surface area (Å²) in [5.41, 5.74) is 1.84. The smallest absolute Gasteiger partial charge is 0.227 e. The Balaban J connectivity index is 2.13. The van der Waals surface area contributed by atoms with Crippen molar-refractivity contribution in [3.05, 3.63) is 24.3 Å². The minimum absolute atomic E-state index is 0.154. The fraction of sp³-hybridized carbons (Fsp3) is 0.556. The number of nitrogens with one attached hydrogen (secondary N) is 1. The molecule has 0 unspecified atom stereocenters. The van der Waals surface area contributed by atoms with Gasteiger partial charge in [0.05, 0.1) is 17.2 Å². The molecule has 120 valence electrons. The average molecular weight is 301 g/mol. The highest BCUT2D eigenvalue weighted by molar-refractivity contribution is 6.02. The quantitative estimate of drug-likeness (QED) is 0.519. The van der Waals surface area contributed by atoms with Crippen molar-refractivity contribution in [2.75, 3.05) is 24.3 Å². The van der Waals surface area contributed by atoms with Crippen LogP contribution in [0.15, 0.2) is 29.3 Å². The molecule has 1 N–H and O–H groups in total. The number of nitrogens with zero attached hydrogens (tertiary/aromatic N) is 2. The lowest BCUT2D eigenvalue weighted by Crippen LogP contribution is -2.27. The molecule has 0 heterocycles. The van der Waals surface area contributed by atoms with E-state index in [0.717, 1.165) is 30.1 Å². The van der Waals surface area contributed by atoms with E-state index in [1.807, 2.05) is 43.1 Å². The Labute approximate surface area is 133 Å². The largest absolute Gasteiger partial charge is 0.332 e. The molecule has 22 heavy (non-hydrogen) atoms. The van der Waals surface area contributed by atoms with Crippen molar-refractivity contribution in [2.24, 2.45) is 10.9 Å². The number of benzene rings is 1. The van der Waals surface area contributed by atoms with Gasteiger partial charge in [0.1, 0.15) is 0 Å². The van der Waals surface area contributed by atoms with Gasteiger partial charge in [-0.3, -0.25) is 9.79 Å². The predicted molar refractivity (Wildman–Crippen MR) is 93.7 cm³/mol. The van der Waals surface area contributed by atoms with Crippen LogP contribution in [0.4, 0.5) is 11.4 Å². The van der Waals surface area contributed by atoms with Crippen LogP contribution in [-0.2, 0) is 4.79 Å². The molecule has 1 fully saturated rings. The van der Waals surface area contributed by atoms with Gasteiger partial charge in [-0.05, 0) is 31.9 Å². The van der Waals surface area contributed by atoms with Gasteiger partial charge in [0.2, 0.25) is 5.91 Å². The molecule has 4 heteroatoms. The van der Waals surface area contributed by atoms with Crippen LogP contribution in [0.1, 0.15) is 45.4 Å². The maximum atomic E-state index is 12.6. The summed E-state index contributed by atoms with van der Waals surface area (Å²) in [6.07, 6.45) is 6.88. The summed E-state index contributed by atoms with van der Waals surface area (Å²) in [7, 11) is 3.75. The van der Waals surface area contributed by atoms with E-state index in [1.165, 1.54) is 25.7 Å². The summed E-state index contributed by atoms with van der Waals surface area (Å²) in [4.78, 5) is 18.8. The number of amides is 1. The molecule has 0 aliphatic heterocycles. The fourth-order valence-electron chi connectivity index (χ4n) is 2.97. The first-order valence-corrected chi connectivity index (χ1v) is 8.20. The second-order valence-electron chi connectivity index (χ2n) is 6.02. The summed E-state index contributed by atoms with van der Waals surface area (Å²) in [6.45, 7) is 1.96. The standard InChI is InChI=1S/C18H27N3O/c1-14(19-2)21(3)17-13-9-8-12-16(17)20-18(22)15-10-6-4-5-7-11-15/h8-9,12-13,15H,4-7,10-11H2,1-3H3,(H,20,22). The molecule has 1 aromatic rings. The molecular weight excluding hydrogens is 274 g/mol. The van der Waals surface area contributed by atoms with E-state index in [0.29, 0.717) is 0 Å². The van der Waals surface area contributed by atoms with E-state index < -0.39 is 0 Å². The summed E-state index contributed by atoms with van der Waals surface area (Å²) in [6, 6.07) is 7.91. The van der Waals surface area contributed by atoms with Crippen LogP contribution < -0.4 is 10.2 Å². The second kappa shape index (κ2) is 7.97. The molecular formula is C18H27N3O. The van der Waals surface area contributed by atoms with E-state index >= 15 is 0 Å². The van der Waals surface area contributed by atoms with Crippen LogP contribution in [0.25, 0.3) is 0 Å². The lowest BCUT2D eigenvalue weighted by molar-refractivity contribution is -0.120. The van der Waals surface area contributed by atoms with Gasteiger partial charge in [-0.1, -0.05) is 37.8 Å². The summed E-state index contributed by atoms with van der Waals surface area (Å²) >= 11 is 0. The Morgan fingerprint density at radius 2 is 1.82 bits per heavy atom. The minimum atomic E-state index is 0.154. The first-order chi connectivity index (χ1) is 10.6. The lowest BCUT2D eigenvalue weighted by Gasteiger charge is -2.23. The Bertz CT molecular complexity index is 531. The Morgan fingerprint density at radius 3 is 2.45 bits per heavy atom. The number of hydrogen-bond acceptors (Lipinski definition) is 2. The Kier molecular flexibility index (Phi) is 5.99. The highest BCUT2D eigenvalue weighted by Crippen LogP contribution is 2.28. The number of hydrogen-bond donors (Lipinski definition) is 1. The molecule has 1 saturated carbocycles.